The second-order valence-corrected chi connectivity index (χ2v) is 4.87. The van der Waals surface area contributed by atoms with Gasteiger partial charge in [-0.1, -0.05) is 23.8 Å². The van der Waals surface area contributed by atoms with Crippen molar-refractivity contribution in [1.82, 2.24) is 0 Å². The fraction of sp³-hybridized carbons (Fsp3) is 0.250. The summed E-state index contributed by atoms with van der Waals surface area (Å²) in [6, 6.07) is 12.4. The van der Waals surface area contributed by atoms with Crippen molar-refractivity contribution in [3.8, 4) is 11.5 Å². The van der Waals surface area contributed by atoms with E-state index < -0.39 is 4.92 Å². The van der Waals surface area contributed by atoms with E-state index in [0.29, 0.717) is 12.3 Å². The fourth-order valence-corrected chi connectivity index (χ4v) is 1.99. The van der Waals surface area contributed by atoms with Crippen molar-refractivity contribution in [3.63, 3.8) is 0 Å². The zero-order valence-electron chi connectivity index (χ0n) is 11.9. The lowest BCUT2D eigenvalue weighted by molar-refractivity contribution is -0.385. The predicted molar refractivity (Wildman–Crippen MR) is 81.7 cm³/mol. The number of ether oxygens (including phenoxy) is 1. The zero-order valence-corrected chi connectivity index (χ0v) is 11.9. The fourth-order valence-electron chi connectivity index (χ4n) is 1.99. The van der Waals surface area contributed by atoms with Crippen LogP contribution in [0.4, 0.5) is 5.69 Å². The summed E-state index contributed by atoms with van der Waals surface area (Å²) in [5.74, 6) is 0.832. The number of hydrogen-bond acceptors (Lipinski definition) is 4. The Labute approximate surface area is 123 Å². The highest BCUT2D eigenvalue weighted by molar-refractivity contribution is 5.50. The number of nitrogens with zero attached hydrogens (tertiary/aromatic N) is 1. The predicted octanol–water partition coefficient (Wildman–Crippen LogP) is 3.59. The second-order valence-electron chi connectivity index (χ2n) is 4.87. The quantitative estimate of drug-likeness (QED) is 0.650. The molecule has 21 heavy (non-hydrogen) atoms. The maximum atomic E-state index is 11.2. The minimum atomic E-state index is -0.421. The van der Waals surface area contributed by atoms with Gasteiger partial charge in [0.05, 0.1) is 4.92 Å². The van der Waals surface area contributed by atoms with E-state index in [9.17, 15) is 10.1 Å². The van der Waals surface area contributed by atoms with Crippen molar-refractivity contribution in [2.75, 3.05) is 6.54 Å². The summed E-state index contributed by atoms with van der Waals surface area (Å²) in [5.41, 5.74) is 7.43. The third-order valence-electron chi connectivity index (χ3n) is 3.14. The molecule has 0 unspecified atom stereocenters. The molecule has 5 heteroatoms. The Morgan fingerprint density at radius 1 is 1.19 bits per heavy atom. The summed E-state index contributed by atoms with van der Waals surface area (Å²) < 4.78 is 5.62. The summed E-state index contributed by atoms with van der Waals surface area (Å²) in [6.45, 7) is 2.54. The van der Waals surface area contributed by atoms with Crippen LogP contribution >= 0.6 is 0 Å². The van der Waals surface area contributed by atoms with Gasteiger partial charge in [0.2, 0.25) is 5.75 Å². The molecular formula is C16H18N2O3. The van der Waals surface area contributed by atoms with Gasteiger partial charge in [-0.25, -0.2) is 0 Å². The summed E-state index contributed by atoms with van der Waals surface area (Å²) in [4.78, 5) is 10.8. The molecule has 5 nitrogen and oxygen atoms in total. The summed E-state index contributed by atoms with van der Waals surface area (Å²) in [6.07, 6.45) is 1.53. The second kappa shape index (κ2) is 6.85. The van der Waals surface area contributed by atoms with Gasteiger partial charge in [0, 0.05) is 6.07 Å². The Bertz CT molecular complexity index is 624. The van der Waals surface area contributed by atoms with E-state index in [0.717, 1.165) is 24.0 Å². The van der Waals surface area contributed by atoms with Crippen LogP contribution in [0, 0.1) is 17.0 Å². The molecule has 0 aliphatic rings. The third-order valence-corrected chi connectivity index (χ3v) is 3.14. The minimum Gasteiger partial charge on any atom is -0.450 e. The molecule has 0 aliphatic heterocycles. The highest BCUT2D eigenvalue weighted by Gasteiger charge is 2.16. The van der Waals surface area contributed by atoms with Crippen LogP contribution in [0.25, 0.3) is 0 Å². The highest BCUT2D eigenvalue weighted by Crippen LogP contribution is 2.32. The number of nitrogens with two attached hydrogens (primary N) is 1. The molecule has 2 N–H and O–H groups in total. The van der Waals surface area contributed by atoms with Gasteiger partial charge < -0.3 is 10.5 Å². The molecule has 0 bridgehead atoms. The number of aryl methyl sites for hydroxylation is 2. The molecule has 0 aromatic heterocycles. The lowest BCUT2D eigenvalue weighted by Crippen LogP contribution is -2.01. The van der Waals surface area contributed by atoms with E-state index >= 15 is 0 Å². The maximum Gasteiger partial charge on any atom is 0.311 e. The molecule has 2 aromatic carbocycles. The van der Waals surface area contributed by atoms with Gasteiger partial charge in [0.1, 0.15) is 5.75 Å². The first-order chi connectivity index (χ1) is 10.1. The zero-order chi connectivity index (χ0) is 15.2. The molecule has 0 spiro atoms. The van der Waals surface area contributed by atoms with Gasteiger partial charge in [0.15, 0.2) is 0 Å². The normalized spacial score (nSPS) is 10.4. The lowest BCUT2D eigenvalue weighted by atomic mass is 10.1. The minimum absolute atomic E-state index is 0.0231. The van der Waals surface area contributed by atoms with Gasteiger partial charge in [0.25, 0.3) is 0 Å². The first-order valence-electron chi connectivity index (χ1n) is 6.82. The Hall–Kier alpha value is -2.40. The maximum absolute atomic E-state index is 11.2. The van der Waals surface area contributed by atoms with Crippen LogP contribution in [0.15, 0.2) is 42.5 Å². The van der Waals surface area contributed by atoms with E-state index in [1.54, 1.807) is 24.3 Å². The van der Waals surface area contributed by atoms with Crippen LogP contribution < -0.4 is 10.5 Å². The van der Waals surface area contributed by atoms with Crippen molar-refractivity contribution in [1.29, 1.82) is 0 Å². The Morgan fingerprint density at radius 3 is 2.52 bits per heavy atom. The Kier molecular flexibility index (Phi) is 4.90. The smallest absolute Gasteiger partial charge is 0.311 e. The number of nitro groups is 1. The average molecular weight is 286 g/mol. The van der Waals surface area contributed by atoms with Crippen LogP contribution in [0.1, 0.15) is 17.5 Å². The van der Waals surface area contributed by atoms with Crippen LogP contribution in [-0.2, 0) is 6.42 Å². The van der Waals surface area contributed by atoms with E-state index in [-0.39, 0.29) is 11.4 Å². The SMILES string of the molecule is Cc1ccc(Oc2ccc(CCCN)cc2[N+](=O)[O-])cc1. The molecule has 2 aromatic rings. The molecule has 0 fully saturated rings. The molecule has 0 saturated carbocycles. The van der Waals surface area contributed by atoms with Crippen molar-refractivity contribution < 1.29 is 9.66 Å². The van der Waals surface area contributed by atoms with Crippen molar-refractivity contribution in [2.45, 2.75) is 19.8 Å². The molecule has 2 rings (SSSR count). The number of nitro benzene ring substituents is 1. The van der Waals surface area contributed by atoms with Crippen molar-refractivity contribution in [3.05, 3.63) is 63.7 Å². The molecule has 0 amide bonds. The van der Waals surface area contributed by atoms with Gasteiger partial charge in [-0.05, 0) is 50.1 Å². The molecule has 0 aliphatic carbocycles. The van der Waals surface area contributed by atoms with Crippen LogP contribution in [-0.4, -0.2) is 11.5 Å². The van der Waals surface area contributed by atoms with E-state index in [1.165, 1.54) is 0 Å². The highest BCUT2D eigenvalue weighted by atomic mass is 16.6. The summed E-state index contributed by atoms with van der Waals surface area (Å²) in [5, 5.41) is 11.2. The molecule has 110 valence electrons. The first-order valence-corrected chi connectivity index (χ1v) is 6.82. The van der Waals surface area contributed by atoms with Crippen LogP contribution in [0.3, 0.4) is 0 Å². The summed E-state index contributed by atoms with van der Waals surface area (Å²) in [7, 11) is 0. The van der Waals surface area contributed by atoms with E-state index in [2.05, 4.69) is 0 Å². The van der Waals surface area contributed by atoms with Gasteiger partial charge in [-0.3, -0.25) is 10.1 Å². The standard InChI is InChI=1S/C16H18N2O3/c1-12-4-7-14(8-5-12)21-16-9-6-13(3-2-10-17)11-15(16)18(19)20/h4-9,11H,2-3,10,17H2,1H3. The molecule has 0 saturated heterocycles. The summed E-state index contributed by atoms with van der Waals surface area (Å²) >= 11 is 0. The van der Waals surface area contributed by atoms with E-state index in [4.69, 9.17) is 10.5 Å². The monoisotopic (exact) mass is 286 g/mol. The Morgan fingerprint density at radius 2 is 1.90 bits per heavy atom. The van der Waals surface area contributed by atoms with Crippen LogP contribution in [0.2, 0.25) is 0 Å². The van der Waals surface area contributed by atoms with E-state index in [1.807, 2.05) is 25.1 Å². The van der Waals surface area contributed by atoms with Crippen molar-refractivity contribution in [2.24, 2.45) is 5.73 Å². The topological polar surface area (TPSA) is 78.4 Å². The third kappa shape index (κ3) is 4.03. The molecule has 0 radical (unpaired) electrons. The molecule has 0 atom stereocenters. The number of benzene rings is 2. The van der Waals surface area contributed by atoms with Crippen LogP contribution in [0.5, 0.6) is 11.5 Å². The average Bonchev–Trinajstić information content (AvgIpc) is 2.48. The number of rotatable bonds is 6. The van der Waals surface area contributed by atoms with Crippen molar-refractivity contribution >= 4 is 5.69 Å². The first kappa shape index (κ1) is 15.0. The Balaban J connectivity index is 2.25. The molecular weight excluding hydrogens is 268 g/mol. The lowest BCUT2D eigenvalue weighted by Gasteiger charge is -2.08. The van der Waals surface area contributed by atoms with Gasteiger partial charge >= 0.3 is 5.69 Å². The largest absolute Gasteiger partial charge is 0.450 e. The van der Waals surface area contributed by atoms with Gasteiger partial charge in [-0.15, -0.1) is 0 Å². The molecule has 0 heterocycles. The van der Waals surface area contributed by atoms with Gasteiger partial charge in [-0.2, -0.15) is 0 Å². The number of hydrogen-bond donors (Lipinski definition) is 1.